The fourth-order valence-corrected chi connectivity index (χ4v) is 4.56. The summed E-state index contributed by atoms with van der Waals surface area (Å²) in [4.78, 5) is 54.0. The van der Waals surface area contributed by atoms with E-state index < -0.39 is 24.3 Å². The van der Waals surface area contributed by atoms with Crippen LogP contribution in [0.15, 0.2) is 60.7 Å². The van der Waals surface area contributed by atoms with Gasteiger partial charge in [0.2, 0.25) is 11.8 Å². The average Bonchev–Trinajstić information content (AvgIpc) is 3.10. The van der Waals surface area contributed by atoms with Gasteiger partial charge in [-0.25, -0.2) is 9.59 Å². The number of ether oxygens (including phenoxy) is 6. The van der Waals surface area contributed by atoms with E-state index in [1.165, 1.54) is 0 Å². The summed E-state index contributed by atoms with van der Waals surface area (Å²) in [6, 6.07) is 16.9. The lowest BCUT2D eigenvalue weighted by atomic mass is 10.2. The van der Waals surface area contributed by atoms with Crippen LogP contribution in [0.2, 0.25) is 0 Å². The van der Waals surface area contributed by atoms with Gasteiger partial charge in [-0.3, -0.25) is 9.59 Å². The van der Waals surface area contributed by atoms with Gasteiger partial charge in [-0.1, -0.05) is 60.7 Å². The van der Waals surface area contributed by atoms with E-state index in [9.17, 15) is 19.2 Å². The van der Waals surface area contributed by atoms with Crippen molar-refractivity contribution in [3.63, 3.8) is 0 Å². The van der Waals surface area contributed by atoms with Crippen molar-refractivity contribution in [3.8, 4) is 0 Å². The zero-order valence-electron chi connectivity index (χ0n) is 27.8. The molecule has 0 aromatic heterocycles. The van der Waals surface area contributed by atoms with Gasteiger partial charge in [-0.15, -0.1) is 0 Å². The summed E-state index contributed by atoms with van der Waals surface area (Å²) in [6.07, 6.45) is -1.37. The van der Waals surface area contributed by atoms with Crippen LogP contribution in [0, 0.1) is 0 Å². The molecule has 1 aliphatic rings. The minimum Gasteiger partial charge on any atom is -0.445 e. The molecule has 14 nitrogen and oxygen atoms in total. The summed E-state index contributed by atoms with van der Waals surface area (Å²) >= 11 is 0. The van der Waals surface area contributed by atoms with Crippen molar-refractivity contribution in [1.29, 1.82) is 0 Å². The molecule has 1 saturated heterocycles. The molecule has 2 aromatic carbocycles. The number of benzene rings is 2. The van der Waals surface area contributed by atoms with E-state index in [4.69, 9.17) is 28.4 Å². The van der Waals surface area contributed by atoms with Gasteiger partial charge in [-0.05, 0) is 25.0 Å². The maximum atomic E-state index is 13.1. The predicted octanol–water partition coefficient (Wildman–Crippen LogP) is 2.35. The Hall–Kier alpha value is -4.24. The number of amides is 4. The number of carbonyl (C=O) groups excluding carboxylic acids is 4. The van der Waals surface area contributed by atoms with Crippen LogP contribution in [-0.4, -0.2) is 125 Å². The van der Waals surface area contributed by atoms with E-state index in [2.05, 4.69) is 10.6 Å². The Morgan fingerprint density at radius 1 is 0.562 bits per heavy atom. The van der Waals surface area contributed by atoms with Gasteiger partial charge in [0.15, 0.2) is 0 Å². The number of nitrogens with zero attached hydrogens (tertiary/aromatic N) is 2. The molecule has 48 heavy (non-hydrogen) atoms. The van der Waals surface area contributed by atoms with Crippen molar-refractivity contribution in [3.05, 3.63) is 71.8 Å². The predicted molar refractivity (Wildman–Crippen MR) is 175 cm³/mol. The SMILES string of the molecule is C[C@H](NC(=O)OCc1ccccc1)C(=O)N1CCOCCOCCN(C(=O)[C@@H](C)NC(=O)OCc2ccccc2)CCOCCOCC1. The highest BCUT2D eigenvalue weighted by atomic mass is 16.6. The van der Waals surface area contributed by atoms with Crippen molar-refractivity contribution >= 4 is 24.0 Å². The molecule has 0 aliphatic carbocycles. The molecule has 4 amide bonds. The number of nitrogens with one attached hydrogen (secondary N) is 2. The smallest absolute Gasteiger partial charge is 0.408 e. The van der Waals surface area contributed by atoms with Crippen LogP contribution >= 0.6 is 0 Å². The summed E-state index contributed by atoms with van der Waals surface area (Å²) in [5, 5.41) is 5.18. The zero-order chi connectivity index (χ0) is 34.4. The maximum Gasteiger partial charge on any atom is 0.408 e. The monoisotopic (exact) mass is 672 g/mol. The van der Waals surface area contributed by atoms with Crippen LogP contribution in [0.25, 0.3) is 0 Å². The van der Waals surface area contributed by atoms with Gasteiger partial charge < -0.3 is 48.9 Å². The number of hydrogen-bond donors (Lipinski definition) is 2. The zero-order valence-corrected chi connectivity index (χ0v) is 27.8. The van der Waals surface area contributed by atoms with E-state index in [1.54, 1.807) is 23.6 Å². The second-order valence-electron chi connectivity index (χ2n) is 11.0. The third-order valence-electron chi connectivity index (χ3n) is 7.22. The highest BCUT2D eigenvalue weighted by molar-refractivity contribution is 5.86. The van der Waals surface area contributed by atoms with Crippen molar-refractivity contribution in [2.24, 2.45) is 0 Å². The van der Waals surface area contributed by atoms with Crippen LogP contribution in [0.5, 0.6) is 0 Å². The fraction of sp³-hybridized carbons (Fsp3) is 0.529. The van der Waals surface area contributed by atoms with Gasteiger partial charge in [-0.2, -0.15) is 0 Å². The maximum absolute atomic E-state index is 13.1. The number of alkyl carbamates (subject to hydrolysis) is 2. The first-order valence-electron chi connectivity index (χ1n) is 16.2. The Balaban J connectivity index is 1.41. The first-order valence-corrected chi connectivity index (χ1v) is 16.2. The van der Waals surface area contributed by atoms with Crippen molar-refractivity contribution in [2.45, 2.75) is 39.1 Å². The normalized spacial score (nSPS) is 17.1. The standard InChI is InChI=1S/C34H48N4O10/c1-27(35-33(41)47-25-29-9-5-3-6-10-29)31(39)37-13-17-43-21-23-45-19-15-38(16-20-46-24-22-44-18-14-37)32(40)28(2)36-34(42)48-26-30-11-7-4-8-12-30/h3-12,27-28H,13-26H2,1-2H3,(H,35,41)(H,36,42)/t27-,28+. The Morgan fingerprint density at radius 2 is 0.875 bits per heavy atom. The summed E-state index contributed by atoms with van der Waals surface area (Å²) in [6.45, 7) is 6.63. The number of hydrogen-bond acceptors (Lipinski definition) is 10. The van der Waals surface area contributed by atoms with Crippen molar-refractivity contribution in [1.82, 2.24) is 20.4 Å². The van der Waals surface area contributed by atoms with Gasteiger partial charge in [0, 0.05) is 26.2 Å². The van der Waals surface area contributed by atoms with Gasteiger partial charge >= 0.3 is 12.2 Å². The summed E-state index contributed by atoms with van der Waals surface area (Å²) in [5.74, 6) is -0.586. The molecule has 3 rings (SSSR count). The minimum absolute atomic E-state index is 0.0970. The molecule has 264 valence electrons. The first-order chi connectivity index (χ1) is 23.3. The van der Waals surface area contributed by atoms with E-state index in [0.29, 0.717) is 0 Å². The minimum atomic E-state index is -0.818. The Morgan fingerprint density at radius 3 is 1.19 bits per heavy atom. The lowest BCUT2D eigenvalue weighted by molar-refractivity contribution is -0.136. The molecule has 0 saturated carbocycles. The van der Waals surface area contributed by atoms with Gasteiger partial charge in [0.1, 0.15) is 25.3 Å². The Labute approximate surface area is 281 Å². The molecule has 2 N–H and O–H groups in total. The fourth-order valence-electron chi connectivity index (χ4n) is 4.56. The van der Waals surface area contributed by atoms with Crippen LogP contribution in [-0.2, 0) is 51.2 Å². The molecular weight excluding hydrogens is 624 g/mol. The summed E-state index contributed by atoms with van der Waals surface area (Å²) in [5.41, 5.74) is 1.68. The molecule has 0 radical (unpaired) electrons. The van der Waals surface area contributed by atoms with Crippen molar-refractivity contribution in [2.75, 3.05) is 79.0 Å². The first kappa shape index (κ1) is 38.2. The number of carbonyl (C=O) groups is 4. The van der Waals surface area contributed by atoms with Crippen LogP contribution in [0.4, 0.5) is 9.59 Å². The quantitative estimate of drug-likeness (QED) is 0.427. The number of rotatable bonds is 8. The van der Waals surface area contributed by atoms with E-state index in [0.717, 1.165) is 11.1 Å². The lowest BCUT2D eigenvalue weighted by Crippen LogP contribution is -2.49. The second-order valence-corrected chi connectivity index (χ2v) is 11.0. The summed E-state index contributed by atoms with van der Waals surface area (Å²) in [7, 11) is 0. The molecule has 1 fully saturated rings. The third-order valence-corrected chi connectivity index (χ3v) is 7.22. The molecular formula is C34H48N4O10. The molecule has 14 heteroatoms. The molecule has 1 heterocycles. The molecule has 0 spiro atoms. The van der Waals surface area contributed by atoms with Crippen LogP contribution in [0.1, 0.15) is 25.0 Å². The van der Waals surface area contributed by atoms with E-state index in [-0.39, 0.29) is 104 Å². The topological polar surface area (TPSA) is 154 Å². The molecule has 0 bridgehead atoms. The van der Waals surface area contributed by atoms with Crippen LogP contribution in [0.3, 0.4) is 0 Å². The lowest BCUT2D eigenvalue weighted by Gasteiger charge is -2.27. The molecule has 2 aromatic rings. The van der Waals surface area contributed by atoms with Crippen molar-refractivity contribution < 1.29 is 47.6 Å². The average molecular weight is 673 g/mol. The van der Waals surface area contributed by atoms with Crippen LogP contribution < -0.4 is 10.6 Å². The summed E-state index contributed by atoms with van der Waals surface area (Å²) < 4.78 is 33.2. The highest BCUT2D eigenvalue weighted by Crippen LogP contribution is 2.04. The largest absolute Gasteiger partial charge is 0.445 e. The molecule has 0 unspecified atom stereocenters. The van der Waals surface area contributed by atoms with Gasteiger partial charge in [0.25, 0.3) is 0 Å². The van der Waals surface area contributed by atoms with Gasteiger partial charge in [0.05, 0.1) is 52.9 Å². The highest BCUT2D eigenvalue weighted by Gasteiger charge is 2.24. The van der Waals surface area contributed by atoms with E-state index in [1.807, 2.05) is 60.7 Å². The molecule has 1 aliphatic heterocycles. The Kier molecular flexibility index (Phi) is 17.8. The van der Waals surface area contributed by atoms with E-state index >= 15 is 0 Å². The second kappa shape index (κ2) is 22.4. The third kappa shape index (κ3) is 15.1. The Bertz CT molecular complexity index is 1120. The molecule has 2 atom stereocenters.